The normalized spacial score (nSPS) is 12.8. The predicted octanol–water partition coefficient (Wildman–Crippen LogP) is -0.203. The second-order valence-electron chi connectivity index (χ2n) is 7.38. The maximum Gasteiger partial charge on any atom is 0.270 e. The summed E-state index contributed by atoms with van der Waals surface area (Å²) in [7, 11) is -9.43. The van der Waals surface area contributed by atoms with Crippen LogP contribution in [0.2, 0.25) is 0 Å². The number of nitro benzene ring substituents is 1. The Hall–Kier alpha value is -1.89. The highest BCUT2D eigenvalue weighted by molar-refractivity contribution is 7.89. The van der Waals surface area contributed by atoms with E-state index in [9.17, 15) is 35.4 Å². The molecule has 0 aliphatic heterocycles. The molecule has 14 nitrogen and oxygen atoms in total. The second-order valence-corrected chi connectivity index (χ2v) is 12.3. The van der Waals surface area contributed by atoms with Gasteiger partial charge in [-0.1, -0.05) is 0 Å². The molecule has 1 aromatic rings. The van der Waals surface area contributed by atoms with E-state index in [0.717, 1.165) is 12.1 Å². The third kappa shape index (κ3) is 11.2. The van der Waals surface area contributed by atoms with Gasteiger partial charge in [0, 0.05) is 38.3 Å². The zero-order valence-electron chi connectivity index (χ0n) is 18.1. The van der Waals surface area contributed by atoms with Crippen molar-refractivity contribution in [1.29, 1.82) is 0 Å². The summed E-state index contributed by atoms with van der Waals surface area (Å²) in [5.41, 5.74) is -0.522. The number of non-ortho nitro benzene ring substituents is 1. The van der Waals surface area contributed by atoms with Gasteiger partial charge >= 0.3 is 0 Å². The number of nitrogens with one attached hydrogen (secondary N) is 1. The van der Waals surface area contributed by atoms with Gasteiger partial charge < -0.3 is 9.80 Å². The van der Waals surface area contributed by atoms with Crippen LogP contribution in [0.5, 0.6) is 0 Å². The van der Waals surface area contributed by atoms with E-state index in [4.69, 9.17) is 9.11 Å². The van der Waals surface area contributed by atoms with E-state index >= 15 is 0 Å². The summed E-state index contributed by atoms with van der Waals surface area (Å²) >= 11 is 0. The molecule has 0 unspecified atom stereocenters. The number of rotatable bonds is 15. The Kier molecular flexibility index (Phi) is 10.6. The molecule has 33 heavy (non-hydrogen) atoms. The molecule has 0 aliphatic rings. The Morgan fingerprint density at radius 1 is 0.939 bits per heavy atom. The van der Waals surface area contributed by atoms with Crippen LogP contribution in [-0.2, 0) is 30.3 Å². The van der Waals surface area contributed by atoms with Gasteiger partial charge in [0.2, 0.25) is 10.0 Å². The fourth-order valence-corrected chi connectivity index (χ4v) is 5.05. The van der Waals surface area contributed by atoms with Crippen molar-refractivity contribution in [3.8, 4) is 0 Å². The summed E-state index contributed by atoms with van der Waals surface area (Å²) in [6, 6.07) is 3.08. The van der Waals surface area contributed by atoms with Gasteiger partial charge in [-0.3, -0.25) is 19.2 Å². The van der Waals surface area contributed by atoms with Gasteiger partial charge in [-0.25, -0.2) is 13.1 Å². The molecule has 3 N–H and O–H groups in total. The number of benzene rings is 1. The highest BCUT2D eigenvalue weighted by Gasteiger charge is 2.25. The minimum Gasteiger partial charge on any atom is -0.370 e. The number of nitrogens with zero attached hydrogens (tertiary/aromatic N) is 3. The smallest absolute Gasteiger partial charge is 0.270 e. The molecule has 0 aromatic heterocycles. The van der Waals surface area contributed by atoms with E-state index in [1.54, 1.807) is 19.0 Å². The van der Waals surface area contributed by atoms with Gasteiger partial charge in [0.1, 0.15) is 4.90 Å². The van der Waals surface area contributed by atoms with Crippen molar-refractivity contribution >= 4 is 41.6 Å². The molecule has 0 radical (unpaired) electrons. The van der Waals surface area contributed by atoms with Crippen molar-refractivity contribution in [2.24, 2.45) is 0 Å². The van der Waals surface area contributed by atoms with Crippen molar-refractivity contribution in [1.82, 2.24) is 9.62 Å². The van der Waals surface area contributed by atoms with Crippen LogP contribution < -0.4 is 9.62 Å². The number of nitro groups is 1. The Balaban J connectivity index is 3.38. The fraction of sp³-hybridized carbons (Fsp3) is 0.625. The van der Waals surface area contributed by atoms with E-state index in [1.807, 2.05) is 0 Å². The number of hydrogen-bond acceptors (Lipinski definition) is 10. The van der Waals surface area contributed by atoms with Crippen LogP contribution in [0.15, 0.2) is 23.1 Å². The first-order chi connectivity index (χ1) is 15.0. The highest BCUT2D eigenvalue weighted by atomic mass is 32.2. The van der Waals surface area contributed by atoms with E-state index in [1.165, 1.54) is 11.0 Å². The lowest BCUT2D eigenvalue weighted by Gasteiger charge is -2.27. The summed E-state index contributed by atoms with van der Waals surface area (Å²) in [6.07, 6.45) is -0.287. The zero-order valence-corrected chi connectivity index (χ0v) is 20.6. The first-order valence-electron chi connectivity index (χ1n) is 9.60. The van der Waals surface area contributed by atoms with Gasteiger partial charge in [0.25, 0.3) is 25.9 Å². The number of likely N-dealkylation sites (N-methyl/N-ethyl adjacent to an activating group) is 1. The highest BCUT2D eigenvalue weighted by Crippen LogP contribution is 2.30. The Morgan fingerprint density at radius 3 is 1.88 bits per heavy atom. The average Bonchev–Trinajstić information content (AvgIpc) is 2.64. The summed E-state index contributed by atoms with van der Waals surface area (Å²) in [4.78, 5) is 13.0. The lowest BCUT2D eigenvalue weighted by molar-refractivity contribution is -0.385. The van der Waals surface area contributed by atoms with E-state index < -0.39 is 57.3 Å². The van der Waals surface area contributed by atoms with Crippen LogP contribution in [0.4, 0.5) is 11.4 Å². The molecular formula is C16H28N4O10S3. The summed E-state index contributed by atoms with van der Waals surface area (Å²) in [5.74, 6) is -1.28. The van der Waals surface area contributed by atoms with E-state index in [0.29, 0.717) is 6.54 Å². The third-order valence-corrected chi connectivity index (χ3v) is 7.40. The van der Waals surface area contributed by atoms with Crippen LogP contribution >= 0.6 is 0 Å². The van der Waals surface area contributed by atoms with Gasteiger partial charge in [-0.2, -0.15) is 16.8 Å². The number of anilines is 1. The van der Waals surface area contributed by atoms with Gasteiger partial charge in [0.15, 0.2) is 0 Å². The minimum absolute atomic E-state index is 0.00295. The van der Waals surface area contributed by atoms with Crippen LogP contribution in [0.3, 0.4) is 0 Å². The molecule has 0 saturated heterocycles. The van der Waals surface area contributed by atoms with Crippen molar-refractivity contribution in [3.05, 3.63) is 28.3 Å². The molecule has 0 fully saturated rings. The topological polar surface area (TPSA) is 205 Å². The monoisotopic (exact) mass is 532 g/mol. The molecule has 1 aromatic carbocycles. The second kappa shape index (κ2) is 12.0. The first kappa shape index (κ1) is 29.1. The molecule has 0 bridgehead atoms. The van der Waals surface area contributed by atoms with Crippen molar-refractivity contribution in [3.63, 3.8) is 0 Å². The Morgan fingerprint density at radius 2 is 1.45 bits per heavy atom. The predicted molar refractivity (Wildman–Crippen MR) is 121 cm³/mol. The molecule has 0 amide bonds. The SMILES string of the molecule is CN(C)CCNS(=O)(=O)c1cc([N+](=O)[O-])ccc1N(CCCS(=O)(=O)O)CCCS(=O)(=O)O. The molecule has 0 aliphatic carbocycles. The summed E-state index contributed by atoms with van der Waals surface area (Å²) in [5, 5.41) is 11.2. The summed E-state index contributed by atoms with van der Waals surface area (Å²) in [6.45, 7) is 0.103. The van der Waals surface area contributed by atoms with Crippen LogP contribution in [0.25, 0.3) is 0 Å². The van der Waals surface area contributed by atoms with Crippen molar-refractivity contribution < 1.29 is 39.3 Å². The number of hydrogen-bond donors (Lipinski definition) is 3. The third-order valence-electron chi connectivity index (χ3n) is 4.30. The molecule has 0 spiro atoms. The van der Waals surface area contributed by atoms with Crippen LogP contribution in [-0.4, -0.2) is 96.0 Å². The quantitative estimate of drug-likeness (QED) is 0.152. The molecule has 190 valence electrons. The van der Waals surface area contributed by atoms with Crippen molar-refractivity contribution in [2.75, 3.05) is 56.7 Å². The fourth-order valence-electron chi connectivity index (χ4n) is 2.80. The van der Waals surface area contributed by atoms with Crippen molar-refractivity contribution in [2.45, 2.75) is 17.7 Å². The van der Waals surface area contributed by atoms with E-state index in [-0.39, 0.29) is 38.2 Å². The average molecular weight is 533 g/mol. The maximum absolute atomic E-state index is 12.9. The lowest BCUT2D eigenvalue weighted by Crippen LogP contribution is -2.34. The largest absolute Gasteiger partial charge is 0.370 e. The van der Waals surface area contributed by atoms with Gasteiger partial charge in [-0.05, 0) is 33.0 Å². The van der Waals surface area contributed by atoms with Gasteiger partial charge in [-0.15, -0.1) is 0 Å². The molecular weight excluding hydrogens is 504 g/mol. The maximum atomic E-state index is 12.9. The Labute approximate surface area is 193 Å². The molecule has 0 heterocycles. The standard InChI is InChI=1S/C16H28N4O10S3/c1-18(2)10-7-17-33(29,30)16-13-14(20(21)22)5-6-15(16)19(8-3-11-31(23,24)25)9-4-12-32(26,27)28/h5-6,13,17H,3-4,7-12H2,1-2H3,(H,23,24,25)(H,26,27,28). The minimum atomic E-state index is -4.31. The van der Waals surface area contributed by atoms with Crippen LogP contribution in [0, 0.1) is 10.1 Å². The molecule has 17 heteroatoms. The molecule has 0 saturated carbocycles. The summed E-state index contributed by atoms with van der Waals surface area (Å²) < 4.78 is 90.3. The lowest BCUT2D eigenvalue weighted by atomic mass is 10.2. The van der Waals surface area contributed by atoms with E-state index in [2.05, 4.69) is 4.72 Å². The zero-order chi connectivity index (χ0) is 25.4. The van der Waals surface area contributed by atoms with Gasteiger partial charge in [0.05, 0.1) is 22.1 Å². The van der Waals surface area contributed by atoms with Crippen LogP contribution in [0.1, 0.15) is 12.8 Å². The molecule has 1 rings (SSSR count). The Bertz CT molecular complexity index is 1100. The molecule has 0 atom stereocenters. The first-order valence-corrected chi connectivity index (χ1v) is 14.3. The number of sulfonamides is 1.